The van der Waals surface area contributed by atoms with Crippen LogP contribution in [0.25, 0.3) is 5.69 Å². The van der Waals surface area contributed by atoms with Gasteiger partial charge >= 0.3 is 6.18 Å². The molecule has 0 atom stereocenters. The zero-order chi connectivity index (χ0) is 18.9. The molecule has 1 aromatic carbocycles. The predicted octanol–water partition coefficient (Wildman–Crippen LogP) is 4.73. The summed E-state index contributed by atoms with van der Waals surface area (Å²) < 4.78 is 44.1. The van der Waals surface area contributed by atoms with Gasteiger partial charge in [-0.1, -0.05) is 0 Å². The van der Waals surface area contributed by atoms with Crippen LogP contribution in [0, 0.1) is 0 Å². The van der Waals surface area contributed by atoms with Gasteiger partial charge in [-0.3, -0.25) is 4.79 Å². The largest absolute Gasteiger partial charge is 0.418 e. The molecule has 0 saturated heterocycles. The van der Waals surface area contributed by atoms with Crippen molar-refractivity contribution in [2.75, 3.05) is 5.32 Å². The molecule has 2 aromatic heterocycles. The summed E-state index contributed by atoms with van der Waals surface area (Å²) in [6.07, 6.45) is 0.0820. The van der Waals surface area contributed by atoms with Crippen LogP contribution in [0.3, 0.4) is 0 Å². The number of halogens is 4. The number of rotatable bonds is 4. The Hall–Kier alpha value is -2.55. The molecule has 0 bridgehead atoms. The van der Waals surface area contributed by atoms with Crippen molar-refractivity contribution in [3.05, 3.63) is 64.7 Å². The van der Waals surface area contributed by atoms with Crippen molar-refractivity contribution in [3.8, 4) is 5.69 Å². The van der Waals surface area contributed by atoms with E-state index >= 15 is 0 Å². The van der Waals surface area contributed by atoms with E-state index in [9.17, 15) is 18.0 Å². The first kappa shape index (κ1) is 18.2. The van der Waals surface area contributed by atoms with Gasteiger partial charge < -0.3 is 9.88 Å². The molecule has 3 aromatic rings. The zero-order valence-corrected chi connectivity index (χ0v) is 15.2. The third-order valence-electron chi connectivity index (χ3n) is 3.76. The molecule has 5 nitrogen and oxygen atoms in total. The fourth-order valence-electron chi connectivity index (χ4n) is 2.55. The lowest BCUT2D eigenvalue weighted by molar-refractivity contribution is -0.136. The van der Waals surface area contributed by atoms with Crippen LogP contribution in [-0.4, -0.2) is 20.3 Å². The summed E-state index contributed by atoms with van der Waals surface area (Å²) >= 11 is 3.26. The summed E-state index contributed by atoms with van der Waals surface area (Å²) in [4.78, 5) is 12.5. The zero-order valence-electron chi connectivity index (χ0n) is 13.6. The minimum Gasteiger partial charge on any atom is -0.343 e. The minimum absolute atomic E-state index is 0.250. The van der Waals surface area contributed by atoms with Gasteiger partial charge in [-0.25, -0.2) is 4.68 Å². The number of benzene rings is 1. The van der Waals surface area contributed by atoms with Crippen LogP contribution < -0.4 is 5.32 Å². The molecule has 0 spiro atoms. The van der Waals surface area contributed by atoms with Crippen molar-refractivity contribution in [1.29, 1.82) is 0 Å². The van der Waals surface area contributed by atoms with E-state index in [0.717, 1.165) is 6.07 Å². The van der Waals surface area contributed by atoms with Crippen LogP contribution >= 0.6 is 15.9 Å². The van der Waals surface area contributed by atoms with Gasteiger partial charge in [0, 0.05) is 29.6 Å². The highest BCUT2D eigenvalue weighted by Gasteiger charge is 2.34. The van der Waals surface area contributed by atoms with Crippen LogP contribution in [0.15, 0.2) is 53.4 Å². The number of aryl methyl sites for hydroxylation is 1. The Morgan fingerprint density at radius 2 is 2.08 bits per heavy atom. The molecule has 0 aliphatic rings. The summed E-state index contributed by atoms with van der Waals surface area (Å²) in [5, 5.41) is 6.29. The maximum absolute atomic E-state index is 13.5. The number of alkyl halides is 3. The van der Waals surface area contributed by atoms with Crippen molar-refractivity contribution in [1.82, 2.24) is 14.3 Å². The maximum atomic E-state index is 13.5. The van der Waals surface area contributed by atoms with E-state index < -0.39 is 17.6 Å². The summed E-state index contributed by atoms with van der Waals surface area (Å²) in [7, 11) is 0. The quantitative estimate of drug-likeness (QED) is 0.655. The average Bonchev–Trinajstić information content (AvgIpc) is 3.23. The Labute approximate surface area is 155 Å². The summed E-state index contributed by atoms with van der Waals surface area (Å²) in [5.41, 5.74) is -0.727. The SMILES string of the molecule is CCn1cc(Br)cc1C(=O)Nc1ccc(-n2cccn2)cc1C(F)(F)F. The van der Waals surface area contributed by atoms with Crippen LogP contribution in [0.5, 0.6) is 0 Å². The second kappa shape index (κ2) is 6.99. The summed E-state index contributed by atoms with van der Waals surface area (Å²) in [6, 6.07) is 6.82. The molecular weight excluding hydrogens is 413 g/mol. The van der Waals surface area contributed by atoms with Crippen molar-refractivity contribution in [3.63, 3.8) is 0 Å². The van der Waals surface area contributed by atoms with Gasteiger partial charge in [0.15, 0.2) is 0 Å². The van der Waals surface area contributed by atoms with Gasteiger partial charge in [-0.05, 0) is 53.2 Å². The standard InChI is InChI=1S/C17H14BrF3N4O/c1-2-24-10-11(18)8-15(24)16(26)23-14-5-4-12(25-7-3-6-22-25)9-13(14)17(19,20)21/h3-10H,2H2,1H3,(H,23,26). The monoisotopic (exact) mass is 426 g/mol. The fraction of sp³-hybridized carbons (Fsp3) is 0.176. The van der Waals surface area contributed by atoms with Crippen molar-refractivity contribution in [2.24, 2.45) is 0 Å². The van der Waals surface area contributed by atoms with Gasteiger partial charge in [-0.2, -0.15) is 18.3 Å². The van der Waals surface area contributed by atoms with E-state index in [1.54, 1.807) is 29.1 Å². The third-order valence-corrected chi connectivity index (χ3v) is 4.20. The minimum atomic E-state index is -4.63. The first-order valence-electron chi connectivity index (χ1n) is 7.68. The van der Waals surface area contributed by atoms with Gasteiger partial charge in [0.2, 0.25) is 0 Å². The van der Waals surface area contributed by atoms with E-state index in [2.05, 4.69) is 26.3 Å². The van der Waals surface area contributed by atoms with Gasteiger partial charge in [0.1, 0.15) is 5.69 Å². The number of nitrogens with one attached hydrogen (secondary N) is 1. The topological polar surface area (TPSA) is 51.9 Å². The molecular formula is C17H14BrF3N4O. The third kappa shape index (κ3) is 3.67. The number of nitrogens with zero attached hydrogens (tertiary/aromatic N) is 3. The molecule has 0 unspecified atom stereocenters. The Kier molecular flexibility index (Phi) is 4.90. The molecule has 9 heteroatoms. The molecule has 2 heterocycles. The number of anilines is 1. The molecule has 1 N–H and O–H groups in total. The van der Waals surface area contributed by atoms with Crippen LogP contribution in [0.4, 0.5) is 18.9 Å². The van der Waals surface area contributed by atoms with E-state index in [-0.39, 0.29) is 17.1 Å². The summed E-state index contributed by atoms with van der Waals surface area (Å²) in [6.45, 7) is 2.35. The molecule has 26 heavy (non-hydrogen) atoms. The maximum Gasteiger partial charge on any atom is 0.418 e. The highest BCUT2D eigenvalue weighted by Crippen LogP contribution is 2.36. The van der Waals surface area contributed by atoms with E-state index in [4.69, 9.17) is 0 Å². The molecule has 0 saturated carbocycles. The van der Waals surface area contributed by atoms with Crippen LogP contribution in [0.2, 0.25) is 0 Å². The average molecular weight is 427 g/mol. The highest BCUT2D eigenvalue weighted by atomic mass is 79.9. The number of amides is 1. The van der Waals surface area contributed by atoms with Gasteiger partial charge in [0.05, 0.1) is 16.9 Å². The fourth-order valence-corrected chi connectivity index (χ4v) is 3.02. The first-order valence-corrected chi connectivity index (χ1v) is 8.47. The molecule has 0 radical (unpaired) electrons. The first-order chi connectivity index (χ1) is 12.3. The second-order valence-corrected chi connectivity index (χ2v) is 6.38. The molecule has 1 amide bonds. The van der Waals surface area contributed by atoms with Crippen molar-refractivity contribution >= 4 is 27.5 Å². The number of carbonyl (C=O) groups excluding carboxylic acids is 1. The number of carbonyl (C=O) groups is 1. The molecule has 136 valence electrons. The van der Waals surface area contributed by atoms with Crippen LogP contribution in [0.1, 0.15) is 23.0 Å². The predicted molar refractivity (Wildman–Crippen MR) is 94.3 cm³/mol. The number of hydrogen-bond donors (Lipinski definition) is 1. The molecule has 0 aliphatic carbocycles. The lowest BCUT2D eigenvalue weighted by atomic mass is 10.1. The number of hydrogen-bond acceptors (Lipinski definition) is 2. The second-order valence-electron chi connectivity index (χ2n) is 5.46. The summed E-state index contributed by atoms with van der Waals surface area (Å²) in [5.74, 6) is -0.616. The normalized spacial score (nSPS) is 11.6. The molecule has 0 fully saturated rings. The lowest BCUT2D eigenvalue weighted by Crippen LogP contribution is -2.19. The van der Waals surface area contributed by atoms with Crippen LogP contribution in [-0.2, 0) is 12.7 Å². The Morgan fingerprint density at radius 3 is 2.69 bits per heavy atom. The Balaban J connectivity index is 1.97. The van der Waals surface area contributed by atoms with Gasteiger partial charge in [0.25, 0.3) is 5.91 Å². The Morgan fingerprint density at radius 1 is 1.31 bits per heavy atom. The number of aromatic nitrogens is 3. The van der Waals surface area contributed by atoms with E-state index in [1.165, 1.54) is 23.0 Å². The lowest BCUT2D eigenvalue weighted by Gasteiger charge is -2.16. The van der Waals surface area contributed by atoms with Crippen molar-refractivity contribution < 1.29 is 18.0 Å². The Bertz CT molecular complexity index is 932. The smallest absolute Gasteiger partial charge is 0.343 e. The van der Waals surface area contributed by atoms with E-state index in [0.29, 0.717) is 11.0 Å². The van der Waals surface area contributed by atoms with Gasteiger partial charge in [-0.15, -0.1) is 0 Å². The van der Waals surface area contributed by atoms with E-state index in [1.807, 2.05) is 6.92 Å². The molecule has 0 aliphatic heterocycles. The van der Waals surface area contributed by atoms with Crippen molar-refractivity contribution in [2.45, 2.75) is 19.6 Å². The highest BCUT2D eigenvalue weighted by molar-refractivity contribution is 9.10. The molecule has 3 rings (SSSR count).